The number of ether oxygens (including phenoxy) is 1. The quantitative estimate of drug-likeness (QED) is 0.556. The molecule has 2 N–H and O–H groups in total. The SMILES string of the molecule is COc1ccc(Br)cc1CCNC(=S)Nc1ccc(Cl)c(C(F)(F)F)c1. The van der Waals surface area contributed by atoms with Crippen LogP contribution in [0.15, 0.2) is 40.9 Å². The van der Waals surface area contributed by atoms with Gasteiger partial charge in [-0.2, -0.15) is 13.2 Å². The fourth-order valence-electron chi connectivity index (χ4n) is 2.25. The lowest BCUT2D eigenvalue weighted by Gasteiger charge is -2.14. The van der Waals surface area contributed by atoms with Crippen molar-refractivity contribution < 1.29 is 17.9 Å². The maximum Gasteiger partial charge on any atom is 0.417 e. The predicted molar refractivity (Wildman–Crippen MR) is 105 cm³/mol. The van der Waals surface area contributed by atoms with E-state index in [9.17, 15) is 13.2 Å². The molecule has 2 aromatic rings. The van der Waals surface area contributed by atoms with E-state index in [1.54, 1.807) is 7.11 Å². The van der Waals surface area contributed by atoms with Gasteiger partial charge in [0, 0.05) is 16.7 Å². The number of nitrogens with one attached hydrogen (secondary N) is 2. The van der Waals surface area contributed by atoms with Gasteiger partial charge in [0.15, 0.2) is 5.11 Å². The van der Waals surface area contributed by atoms with Crippen LogP contribution < -0.4 is 15.4 Å². The van der Waals surface area contributed by atoms with Crippen molar-refractivity contribution in [1.82, 2.24) is 5.32 Å². The molecule has 26 heavy (non-hydrogen) atoms. The van der Waals surface area contributed by atoms with Gasteiger partial charge in [0.05, 0.1) is 17.7 Å². The van der Waals surface area contributed by atoms with Crippen molar-refractivity contribution in [3.8, 4) is 5.75 Å². The first-order valence-electron chi connectivity index (χ1n) is 7.44. The van der Waals surface area contributed by atoms with E-state index in [4.69, 9.17) is 28.6 Å². The van der Waals surface area contributed by atoms with E-state index in [-0.39, 0.29) is 15.8 Å². The molecule has 0 amide bonds. The van der Waals surface area contributed by atoms with Crippen LogP contribution >= 0.6 is 39.7 Å². The van der Waals surface area contributed by atoms with Gasteiger partial charge in [-0.15, -0.1) is 0 Å². The molecule has 2 rings (SSSR count). The third kappa shape index (κ3) is 5.75. The number of rotatable bonds is 5. The van der Waals surface area contributed by atoms with E-state index in [0.29, 0.717) is 13.0 Å². The van der Waals surface area contributed by atoms with E-state index in [0.717, 1.165) is 21.9 Å². The molecule has 0 fully saturated rings. The van der Waals surface area contributed by atoms with Crippen LogP contribution in [0.25, 0.3) is 0 Å². The molecule has 3 nitrogen and oxygen atoms in total. The molecule has 0 saturated heterocycles. The molecular formula is C17H15BrClF3N2OS. The zero-order valence-electron chi connectivity index (χ0n) is 13.6. The van der Waals surface area contributed by atoms with Crippen molar-refractivity contribution in [2.45, 2.75) is 12.6 Å². The second kappa shape index (κ2) is 8.92. The zero-order chi connectivity index (χ0) is 19.3. The van der Waals surface area contributed by atoms with E-state index in [1.807, 2.05) is 18.2 Å². The molecule has 2 aromatic carbocycles. The number of methoxy groups -OCH3 is 1. The Bertz CT molecular complexity index is 802. The molecule has 0 spiro atoms. The number of thiocarbonyl (C=S) groups is 1. The topological polar surface area (TPSA) is 33.3 Å². The first kappa shape index (κ1) is 20.8. The molecule has 0 radical (unpaired) electrons. The second-order valence-electron chi connectivity index (χ2n) is 5.28. The summed E-state index contributed by atoms with van der Waals surface area (Å²) in [5.41, 5.74) is 0.271. The Morgan fingerprint density at radius 3 is 2.62 bits per heavy atom. The maximum atomic E-state index is 12.9. The van der Waals surface area contributed by atoms with Crippen molar-refractivity contribution >= 4 is 50.5 Å². The van der Waals surface area contributed by atoms with Crippen LogP contribution in [-0.2, 0) is 12.6 Å². The number of benzene rings is 2. The van der Waals surface area contributed by atoms with Gasteiger partial charge in [-0.05, 0) is 60.6 Å². The summed E-state index contributed by atoms with van der Waals surface area (Å²) in [6.07, 6.45) is -3.90. The van der Waals surface area contributed by atoms with E-state index in [2.05, 4.69) is 26.6 Å². The Kier molecular flexibility index (Phi) is 7.14. The van der Waals surface area contributed by atoms with Gasteiger partial charge in [-0.1, -0.05) is 27.5 Å². The van der Waals surface area contributed by atoms with Crippen LogP contribution in [0.1, 0.15) is 11.1 Å². The molecule has 0 aliphatic heterocycles. The van der Waals surface area contributed by atoms with Crippen molar-refractivity contribution in [3.63, 3.8) is 0 Å². The standard InChI is InChI=1S/C17H15BrClF3N2OS/c1-25-15-5-2-11(18)8-10(15)6-7-23-16(26)24-12-3-4-14(19)13(9-12)17(20,21)22/h2-5,8-9H,6-7H2,1H3,(H2,23,24,26). The van der Waals surface area contributed by atoms with Crippen molar-refractivity contribution in [1.29, 1.82) is 0 Å². The minimum absolute atomic E-state index is 0.208. The summed E-state index contributed by atoms with van der Waals surface area (Å²) >= 11 is 14.1. The molecule has 0 heterocycles. The van der Waals surface area contributed by atoms with E-state index < -0.39 is 11.7 Å². The van der Waals surface area contributed by atoms with Gasteiger partial charge in [0.1, 0.15) is 5.75 Å². The minimum Gasteiger partial charge on any atom is -0.496 e. The number of hydrogen-bond donors (Lipinski definition) is 2. The number of anilines is 1. The first-order chi connectivity index (χ1) is 12.2. The molecule has 0 unspecified atom stereocenters. The first-order valence-corrected chi connectivity index (χ1v) is 9.02. The Hall–Kier alpha value is -1.51. The van der Waals surface area contributed by atoms with Gasteiger partial charge in [-0.25, -0.2) is 0 Å². The van der Waals surface area contributed by atoms with Crippen LogP contribution in [0, 0.1) is 0 Å². The Morgan fingerprint density at radius 1 is 1.23 bits per heavy atom. The van der Waals surface area contributed by atoms with Crippen molar-refractivity contribution in [2.24, 2.45) is 0 Å². The number of hydrogen-bond acceptors (Lipinski definition) is 2. The Labute approximate surface area is 168 Å². The third-order valence-corrected chi connectivity index (χ3v) is 4.52. The zero-order valence-corrected chi connectivity index (χ0v) is 16.7. The van der Waals surface area contributed by atoms with E-state index >= 15 is 0 Å². The molecule has 0 bridgehead atoms. The Balaban J connectivity index is 1.95. The van der Waals surface area contributed by atoms with Gasteiger partial charge in [-0.3, -0.25) is 0 Å². The smallest absolute Gasteiger partial charge is 0.417 e. The summed E-state index contributed by atoms with van der Waals surface area (Å²) in [4.78, 5) is 0. The van der Waals surface area contributed by atoms with Crippen LogP contribution in [0.3, 0.4) is 0 Å². The van der Waals surface area contributed by atoms with Gasteiger partial charge in [0.2, 0.25) is 0 Å². The normalized spacial score (nSPS) is 11.2. The highest BCUT2D eigenvalue weighted by Gasteiger charge is 2.33. The minimum atomic E-state index is -4.53. The molecule has 140 valence electrons. The monoisotopic (exact) mass is 466 g/mol. The summed E-state index contributed by atoms with van der Waals surface area (Å²) in [6, 6.07) is 9.20. The van der Waals surface area contributed by atoms with E-state index in [1.165, 1.54) is 12.1 Å². The molecular weight excluding hydrogens is 453 g/mol. The van der Waals surface area contributed by atoms with Crippen molar-refractivity contribution in [3.05, 3.63) is 57.0 Å². The molecule has 0 aliphatic carbocycles. The molecule has 0 atom stereocenters. The Morgan fingerprint density at radius 2 is 1.96 bits per heavy atom. The number of halogens is 5. The molecule has 0 aromatic heterocycles. The largest absolute Gasteiger partial charge is 0.496 e. The highest BCUT2D eigenvalue weighted by Crippen LogP contribution is 2.36. The summed E-state index contributed by atoms with van der Waals surface area (Å²) < 4.78 is 44.9. The van der Waals surface area contributed by atoms with Gasteiger partial charge in [0.25, 0.3) is 0 Å². The van der Waals surface area contributed by atoms with Crippen molar-refractivity contribution in [2.75, 3.05) is 19.0 Å². The fourth-order valence-corrected chi connectivity index (χ4v) is 3.10. The summed E-state index contributed by atoms with van der Waals surface area (Å²) in [7, 11) is 1.59. The molecule has 0 aliphatic rings. The lowest BCUT2D eigenvalue weighted by molar-refractivity contribution is -0.137. The summed E-state index contributed by atoms with van der Waals surface area (Å²) in [6.45, 7) is 0.484. The van der Waals surface area contributed by atoms with Crippen LogP contribution in [0.5, 0.6) is 5.75 Å². The average Bonchev–Trinajstić information content (AvgIpc) is 2.56. The highest BCUT2D eigenvalue weighted by molar-refractivity contribution is 9.10. The average molecular weight is 468 g/mol. The summed E-state index contributed by atoms with van der Waals surface area (Å²) in [5, 5.41) is 5.55. The molecule has 0 saturated carbocycles. The summed E-state index contributed by atoms with van der Waals surface area (Å²) in [5.74, 6) is 0.751. The maximum absolute atomic E-state index is 12.9. The van der Waals surface area contributed by atoms with Crippen LogP contribution in [-0.4, -0.2) is 18.8 Å². The molecule has 9 heteroatoms. The highest BCUT2D eigenvalue weighted by atomic mass is 79.9. The van der Waals surface area contributed by atoms with Gasteiger partial charge >= 0.3 is 6.18 Å². The van der Waals surface area contributed by atoms with Crippen LogP contribution in [0.4, 0.5) is 18.9 Å². The number of alkyl halides is 3. The second-order valence-corrected chi connectivity index (χ2v) is 7.01. The van der Waals surface area contributed by atoms with Gasteiger partial charge < -0.3 is 15.4 Å². The fraction of sp³-hybridized carbons (Fsp3) is 0.235. The van der Waals surface area contributed by atoms with Crippen LogP contribution in [0.2, 0.25) is 5.02 Å². The predicted octanol–water partition coefficient (Wildman–Crippen LogP) is 5.66. The lowest BCUT2D eigenvalue weighted by Crippen LogP contribution is -2.30. The third-order valence-electron chi connectivity index (χ3n) is 3.45. The lowest BCUT2D eigenvalue weighted by atomic mass is 10.1.